The number of halogens is 2. The van der Waals surface area contributed by atoms with Gasteiger partial charge in [-0.3, -0.25) is 0 Å². The van der Waals surface area contributed by atoms with Crippen molar-refractivity contribution in [2.45, 2.75) is 26.4 Å². The SMILES string of the molecule is CCOc1cccc([C@@H]2C(C#N)=C(N)Oc3cc(C)oc(=O)c32)c1OC(F)F. The number of para-hydroxylation sites is 1. The molecule has 7 nitrogen and oxygen atoms in total. The molecule has 0 fully saturated rings. The number of rotatable bonds is 5. The third-order valence-electron chi connectivity index (χ3n) is 4.08. The average molecular weight is 390 g/mol. The Hall–Kier alpha value is -3.54. The van der Waals surface area contributed by atoms with Gasteiger partial charge in [-0.1, -0.05) is 12.1 Å². The van der Waals surface area contributed by atoms with E-state index < -0.39 is 18.2 Å². The second-order valence-electron chi connectivity index (χ2n) is 5.83. The average Bonchev–Trinajstić information content (AvgIpc) is 2.61. The lowest BCUT2D eigenvalue weighted by Crippen LogP contribution is -2.27. The molecule has 0 saturated heterocycles. The van der Waals surface area contributed by atoms with Crippen LogP contribution in [0.1, 0.15) is 29.7 Å². The number of allylic oxidation sites excluding steroid dienone is 1. The second kappa shape index (κ2) is 7.60. The Bertz CT molecular complexity index is 1040. The lowest BCUT2D eigenvalue weighted by Gasteiger charge is -2.27. The highest BCUT2D eigenvalue weighted by Gasteiger charge is 2.37. The van der Waals surface area contributed by atoms with Crippen molar-refractivity contribution < 1.29 is 27.4 Å². The number of hydrogen-bond donors (Lipinski definition) is 1. The first-order valence-corrected chi connectivity index (χ1v) is 8.30. The van der Waals surface area contributed by atoms with Crippen molar-refractivity contribution in [3.05, 3.63) is 63.0 Å². The van der Waals surface area contributed by atoms with Crippen LogP contribution in [-0.4, -0.2) is 13.2 Å². The summed E-state index contributed by atoms with van der Waals surface area (Å²) in [6, 6.07) is 7.75. The Morgan fingerprint density at radius 1 is 1.39 bits per heavy atom. The molecule has 3 rings (SSSR count). The van der Waals surface area contributed by atoms with E-state index in [1.54, 1.807) is 13.8 Å². The maximum atomic E-state index is 13.1. The summed E-state index contributed by atoms with van der Waals surface area (Å²) in [6.07, 6.45) is 0. The largest absolute Gasteiger partial charge is 0.490 e. The molecule has 9 heteroatoms. The van der Waals surface area contributed by atoms with Gasteiger partial charge >= 0.3 is 12.2 Å². The molecule has 1 aromatic heterocycles. The van der Waals surface area contributed by atoms with E-state index in [2.05, 4.69) is 4.74 Å². The monoisotopic (exact) mass is 390 g/mol. The van der Waals surface area contributed by atoms with E-state index >= 15 is 0 Å². The summed E-state index contributed by atoms with van der Waals surface area (Å²) in [4.78, 5) is 12.5. The van der Waals surface area contributed by atoms with Crippen LogP contribution in [0, 0.1) is 18.3 Å². The molecular formula is C19H16F2N2O5. The molecule has 1 atom stereocenters. The number of aryl methyl sites for hydroxylation is 1. The molecule has 0 unspecified atom stereocenters. The highest BCUT2D eigenvalue weighted by molar-refractivity contribution is 5.60. The molecule has 2 N–H and O–H groups in total. The second-order valence-corrected chi connectivity index (χ2v) is 5.83. The van der Waals surface area contributed by atoms with Gasteiger partial charge in [0.05, 0.1) is 18.1 Å². The van der Waals surface area contributed by atoms with Gasteiger partial charge in [0.1, 0.15) is 23.2 Å². The number of nitrogens with two attached hydrogens (primary N) is 1. The van der Waals surface area contributed by atoms with Crippen molar-refractivity contribution >= 4 is 0 Å². The zero-order chi connectivity index (χ0) is 20.4. The Labute approximate surface area is 158 Å². The molecular weight excluding hydrogens is 374 g/mol. The van der Waals surface area contributed by atoms with E-state index in [0.29, 0.717) is 0 Å². The van der Waals surface area contributed by atoms with Crippen molar-refractivity contribution in [1.29, 1.82) is 5.26 Å². The molecule has 0 amide bonds. The van der Waals surface area contributed by atoms with Crippen molar-refractivity contribution in [2.75, 3.05) is 6.61 Å². The number of fused-ring (bicyclic) bond motifs is 1. The summed E-state index contributed by atoms with van der Waals surface area (Å²) in [7, 11) is 0. The van der Waals surface area contributed by atoms with Crippen LogP contribution >= 0.6 is 0 Å². The minimum Gasteiger partial charge on any atom is -0.490 e. The van der Waals surface area contributed by atoms with Crippen molar-refractivity contribution in [1.82, 2.24) is 0 Å². The van der Waals surface area contributed by atoms with Crippen LogP contribution in [-0.2, 0) is 0 Å². The molecule has 1 aromatic carbocycles. The van der Waals surface area contributed by atoms with Gasteiger partial charge in [0, 0.05) is 11.6 Å². The lowest BCUT2D eigenvalue weighted by atomic mass is 9.83. The van der Waals surface area contributed by atoms with Crippen LogP contribution < -0.4 is 25.6 Å². The summed E-state index contributed by atoms with van der Waals surface area (Å²) in [5, 5.41) is 9.59. The normalized spacial score (nSPS) is 15.6. The molecule has 0 radical (unpaired) electrons. The molecule has 1 aliphatic rings. The topological polar surface area (TPSA) is 108 Å². The van der Waals surface area contributed by atoms with Crippen LogP contribution in [0.4, 0.5) is 8.78 Å². The molecule has 0 spiro atoms. The number of alkyl halides is 2. The molecule has 1 aliphatic heterocycles. The number of ether oxygens (including phenoxy) is 3. The summed E-state index contributed by atoms with van der Waals surface area (Å²) >= 11 is 0. The van der Waals surface area contributed by atoms with Crippen LogP contribution in [0.2, 0.25) is 0 Å². The molecule has 0 aliphatic carbocycles. The van der Waals surface area contributed by atoms with Crippen LogP contribution in [0.5, 0.6) is 17.2 Å². The van der Waals surface area contributed by atoms with Crippen LogP contribution in [0.3, 0.4) is 0 Å². The number of hydrogen-bond acceptors (Lipinski definition) is 7. The van der Waals surface area contributed by atoms with Crippen LogP contribution in [0.15, 0.2) is 44.9 Å². The molecule has 2 aromatic rings. The first-order chi connectivity index (χ1) is 13.4. The summed E-state index contributed by atoms with van der Waals surface area (Å²) in [5.41, 5.74) is 5.03. The van der Waals surface area contributed by atoms with Crippen molar-refractivity contribution in [3.63, 3.8) is 0 Å². The third kappa shape index (κ3) is 3.36. The smallest absolute Gasteiger partial charge is 0.387 e. The predicted octanol–water partition coefficient (Wildman–Crippen LogP) is 3.17. The fourth-order valence-electron chi connectivity index (χ4n) is 3.07. The Kier molecular flexibility index (Phi) is 5.22. The predicted molar refractivity (Wildman–Crippen MR) is 93.3 cm³/mol. The van der Waals surface area contributed by atoms with Gasteiger partial charge in [-0.05, 0) is 19.9 Å². The Balaban J connectivity index is 2.33. The highest BCUT2D eigenvalue weighted by Crippen LogP contribution is 2.46. The maximum absolute atomic E-state index is 13.1. The zero-order valence-corrected chi connectivity index (χ0v) is 15.0. The van der Waals surface area contributed by atoms with Gasteiger partial charge in [-0.15, -0.1) is 0 Å². The number of nitriles is 1. The minimum absolute atomic E-state index is 0.0379. The quantitative estimate of drug-likeness (QED) is 0.835. The first kappa shape index (κ1) is 19.2. The Morgan fingerprint density at radius 2 is 2.14 bits per heavy atom. The van der Waals surface area contributed by atoms with E-state index in [0.717, 1.165) is 0 Å². The van der Waals surface area contributed by atoms with Gasteiger partial charge in [0.25, 0.3) is 0 Å². The maximum Gasteiger partial charge on any atom is 0.387 e. The molecule has 146 valence electrons. The van der Waals surface area contributed by atoms with E-state index in [1.165, 1.54) is 24.3 Å². The Morgan fingerprint density at radius 3 is 2.79 bits per heavy atom. The molecule has 0 saturated carbocycles. The fourth-order valence-corrected chi connectivity index (χ4v) is 3.07. The standard InChI is InChI=1S/C19H16F2N2O5/c1-3-25-12-6-4-5-10(16(12)28-19(20)21)14-11(8-22)17(23)27-13-7-9(2)26-18(24)15(13)14/h4-7,14,19H,3,23H2,1-2H3/t14-/m1/s1. The van der Waals surface area contributed by atoms with E-state index in [1.807, 2.05) is 6.07 Å². The number of nitrogens with zero attached hydrogens (tertiary/aromatic N) is 1. The van der Waals surface area contributed by atoms with E-state index in [9.17, 15) is 18.8 Å². The van der Waals surface area contributed by atoms with E-state index in [-0.39, 0.29) is 52.2 Å². The van der Waals surface area contributed by atoms with E-state index in [4.69, 9.17) is 19.6 Å². The van der Waals surface area contributed by atoms with Gasteiger partial charge in [0.2, 0.25) is 5.88 Å². The van der Waals surface area contributed by atoms with Gasteiger partial charge < -0.3 is 24.4 Å². The third-order valence-corrected chi connectivity index (χ3v) is 4.08. The van der Waals surface area contributed by atoms with Gasteiger partial charge in [0.15, 0.2) is 11.5 Å². The minimum atomic E-state index is -3.15. The van der Waals surface area contributed by atoms with Crippen molar-refractivity contribution in [2.24, 2.45) is 5.73 Å². The number of benzene rings is 1. The summed E-state index contributed by atoms with van der Waals surface area (Å²) in [5.74, 6) is -1.27. The van der Waals surface area contributed by atoms with Crippen molar-refractivity contribution in [3.8, 4) is 23.3 Å². The summed E-state index contributed by atoms with van der Waals surface area (Å²) < 4.78 is 46.8. The zero-order valence-electron chi connectivity index (χ0n) is 15.0. The fraction of sp³-hybridized carbons (Fsp3) is 0.263. The van der Waals surface area contributed by atoms with Gasteiger partial charge in [-0.2, -0.15) is 14.0 Å². The molecule has 28 heavy (non-hydrogen) atoms. The lowest BCUT2D eigenvalue weighted by molar-refractivity contribution is -0.0521. The molecule has 2 heterocycles. The summed E-state index contributed by atoms with van der Waals surface area (Å²) in [6.45, 7) is 0.262. The first-order valence-electron chi connectivity index (χ1n) is 8.30. The van der Waals surface area contributed by atoms with Gasteiger partial charge in [-0.25, -0.2) is 4.79 Å². The highest BCUT2D eigenvalue weighted by atomic mass is 19.3. The van der Waals surface area contributed by atoms with Crippen LogP contribution in [0.25, 0.3) is 0 Å². The molecule has 0 bridgehead atoms.